The number of carbonyl (C=O) groups excluding carboxylic acids is 1. The van der Waals surface area contributed by atoms with Crippen molar-refractivity contribution in [3.8, 4) is 0 Å². The maximum Gasteiger partial charge on any atom is 0.453 e. The van der Waals surface area contributed by atoms with Crippen molar-refractivity contribution in [3.63, 3.8) is 0 Å². The predicted molar refractivity (Wildman–Crippen MR) is 57.1 cm³/mol. The van der Waals surface area contributed by atoms with Gasteiger partial charge in [-0.3, -0.25) is 9.36 Å². The lowest BCUT2D eigenvalue weighted by atomic mass is 10.2. The summed E-state index contributed by atoms with van der Waals surface area (Å²) in [7, 11) is -3.82. The number of amides is 1. The second-order valence-electron chi connectivity index (χ2n) is 3.28. The van der Waals surface area contributed by atoms with E-state index in [4.69, 9.17) is 19.3 Å². The molecule has 7 nitrogen and oxygen atoms in total. The number of hydrogen-bond donors (Lipinski definition) is 3. The molecule has 0 aromatic rings. The fourth-order valence-corrected chi connectivity index (χ4v) is 2.32. The maximum atomic E-state index is 12.1. The minimum atomic E-state index is -5.59. The van der Waals surface area contributed by atoms with E-state index in [-0.39, 0.29) is 13.2 Å². The summed E-state index contributed by atoms with van der Waals surface area (Å²) >= 11 is 0. The highest BCUT2D eigenvalue weighted by atomic mass is 31.2. The molecule has 0 aliphatic carbocycles. The van der Waals surface area contributed by atoms with Crippen molar-refractivity contribution in [3.05, 3.63) is 0 Å². The molecular formula is C8H15F3NO6P. The van der Waals surface area contributed by atoms with E-state index in [1.807, 2.05) is 0 Å². The molecule has 0 atom stereocenters. The van der Waals surface area contributed by atoms with Crippen LogP contribution in [0.15, 0.2) is 0 Å². The molecule has 0 aromatic heterocycles. The van der Waals surface area contributed by atoms with Crippen molar-refractivity contribution in [1.29, 1.82) is 0 Å². The molecule has 0 saturated carbocycles. The molecular weight excluding hydrogens is 294 g/mol. The first kappa shape index (κ1) is 18.3. The van der Waals surface area contributed by atoms with Gasteiger partial charge in [0, 0.05) is 0 Å². The summed E-state index contributed by atoms with van der Waals surface area (Å²) in [5.41, 5.74) is 0. The van der Waals surface area contributed by atoms with Gasteiger partial charge in [-0.25, -0.2) is 0 Å². The largest absolute Gasteiger partial charge is 0.453 e. The van der Waals surface area contributed by atoms with Crippen LogP contribution in [0, 0.1) is 0 Å². The third kappa shape index (κ3) is 5.07. The van der Waals surface area contributed by atoms with E-state index in [9.17, 15) is 22.5 Å². The number of alkyl halides is 3. The van der Waals surface area contributed by atoms with E-state index in [2.05, 4.69) is 0 Å². The summed E-state index contributed by atoms with van der Waals surface area (Å²) < 4.78 is 57.5. The van der Waals surface area contributed by atoms with Crippen LogP contribution in [0.1, 0.15) is 13.8 Å². The Balaban J connectivity index is 4.71. The Morgan fingerprint density at radius 3 is 1.95 bits per heavy atom. The molecule has 114 valence electrons. The Kier molecular flexibility index (Phi) is 6.43. The molecule has 19 heavy (non-hydrogen) atoms. The quantitative estimate of drug-likeness (QED) is 0.469. The van der Waals surface area contributed by atoms with Gasteiger partial charge in [0.25, 0.3) is 5.91 Å². The number of hydrogen-bond acceptors (Lipinski definition) is 6. The van der Waals surface area contributed by atoms with Gasteiger partial charge in [0.15, 0.2) is 0 Å². The van der Waals surface area contributed by atoms with Crippen molar-refractivity contribution >= 4 is 13.5 Å². The zero-order valence-corrected chi connectivity index (χ0v) is 11.1. The SMILES string of the molecule is CCOP(=O)(CNC(=O)C(O)(O)C(F)(F)F)OCC. The first-order valence-corrected chi connectivity index (χ1v) is 6.91. The van der Waals surface area contributed by atoms with Crippen molar-refractivity contribution < 1.29 is 41.8 Å². The minimum absolute atomic E-state index is 0.0597. The first-order chi connectivity index (χ1) is 8.50. The highest BCUT2D eigenvalue weighted by Crippen LogP contribution is 2.46. The Morgan fingerprint density at radius 2 is 1.63 bits per heavy atom. The van der Waals surface area contributed by atoms with Crippen LogP contribution >= 0.6 is 7.60 Å². The number of carbonyl (C=O) groups is 1. The van der Waals surface area contributed by atoms with E-state index in [0.29, 0.717) is 0 Å². The van der Waals surface area contributed by atoms with Crippen LogP contribution in [0.3, 0.4) is 0 Å². The van der Waals surface area contributed by atoms with Gasteiger partial charge in [0.1, 0.15) is 6.29 Å². The summed E-state index contributed by atoms with van der Waals surface area (Å²) in [6, 6.07) is 0. The monoisotopic (exact) mass is 309 g/mol. The molecule has 0 bridgehead atoms. The number of rotatable bonds is 7. The molecule has 0 fully saturated rings. The Hall–Kier alpha value is -0.670. The Bertz CT molecular complexity index is 349. The Morgan fingerprint density at radius 1 is 1.21 bits per heavy atom. The van der Waals surface area contributed by atoms with Crippen molar-refractivity contribution in [2.45, 2.75) is 25.8 Å². The maximum absolute atomic E-state index is 12.1. The van der Waals surface area contributed by atoms with Gasteiger partial charge in [-0.2, -0.15) is 13.2 Å². The van der Waals surface area contributed by atoms with Crippen LogP contribution < -0.4 is 5.32 Å². The van der Waals surface area contributed by atoms with Crippen LogP contribution in [0.5, 0.6) is 0 Å². The third-order valence-corrected chi connectivity index (χ3v) is 3.65. The molecule has 0 unspecified atom stereocenters. The van der Waals surface area contributed by atoms with Gasteiger partial charge in [-0.1, -0.05) is 0 Å². The number of aliphatic hydroxyl groups is 2. The van der Waals surface area contributed by atoms with Crippen LogP contribution in [0.25, 0.3) is 0 Å². The number of nitrogens with one attached hydrogen (secondary N) is 1. The van der Waals surface area contributed by atoms with Crippen LogP contribution in [-0.4, -0.2) is 47.6 Å². The highest BCUT2D eigenvalue weighted by molar-refractivity contribution is 7.53. The molecule has 3 N–H and O–H groups in total. The smallest absolute Gasteiger partial charge is 0.351 e. The van der Waals surface area contributed by atoms with Gasteiger partial charge in [0.05, 0.1) is 13.2 Å². The summed E-state index contributed by atoms with van der Waals surface area (Å²) in [5, 5.41) is 18.7. The first-order valence-electron chi connectivity index (χ1n) is 5.18. The molecule has 0 rings (SSSR count). The Labute approximate surface area is 107 Å². The van der Waals surface area contributed by atoms with Gasteiger partial charge in [-0.15, -0.1) is 0 Å². The van der Waals surface area contributed by atoms with E-state index >= 15 is 0 Å². The molecule has 0 saturated heterocycles. The zero-order chi connectivity index (χ0) is 15.3. The van der Waals surface area contributed by atoms with Gasteiger partial charge in [0.2, 0.25) is 0 Å². The molecule has 11 heteroatoms. The van der Waals surface area contributed by atoms with Crippen molar-refractivity contribution in [2.75, 3.05) is 19.5 Å². The molecule has 0 aromatic carbocycles. The van der Waals surface area contributed by atoms with E-state index < -0.39 is 31.8 Å². The second-order valence-corrected chi connectivity index (χ2v) is 5.33. The lowest BCUT2D eigenvalue weighted by Gasteiger charge is -2.24. The molecule has 0 spiro atoms. The zero-order valence-electron chi connectivity index (χ0n) is 10.2. The summed E-state index contributed by atoms with van der Waals surface area (Å²) in [6.07, 6.45) is -6.50. The normalized spacial score (nSPS) is 13.4. The van der Waals surface area contributed by atoms with Crippen molar-refractivity contribution in [2.24, 2.45) is 0 Å². The molecule has 0 aliphatic heterocycles. The fraction of sp³-hybridized carbons (Fsp3) is 0.875. The lowest BCUT2D eigenvalue weighted by molar-refractivity contribution is -0.328. The molecule has 1 amide bonds. The van der Waals surface area contributed by atoms with Gasteiger partial charge < -0.3 is 24.6 Å². The standard InChI is InChI=1S/C8H15F3NO6P/c1-3-17-19(16,18-4-2)5-12-6(13)7(14,15)8(9,10)11/h14-15H,3-5H2,1-2H3,(H,12,13). The molecule has 0 heterocycles. The van der Waals surface area contributed by atoms with E-state index in [1.165, 1.54) is 19.2 Å². The average Bonchev–Trinajstić information content (AvgIpc) is 2.25. The topological polar surface area (TPSA) is 105 Å². The fourth-order valence-electron chi connectivity index (χ4n) is 0.943. The third-order valence-electron chi connectivity index (χ3n) is 1.80. The highest BCUT2D eigenvalue weighted by Gasteiger charge is 2.59. The summed E-state index contributed by atoms with van der Waals surface area (Å²) in [4.78, 5) is 11.0. The van der Waals surface area contributed by atoms with Gasteiger partial charge >= 0.3 is 19.6 Å². The number of halogens is 3. The molecule has 0 radical (unpaired) electrons. The average molecular weight is 309 g/mol. The van der Waals surface area contributed by atoms with Crippen molar-refractivity contribution in [1.82, 2.24) is 5.32 Å². The molecule has 0 aliphatic rings. The van der Waals surface area contributed by atoms with E-state index in [0.717, 1.165) is 0 Å². The lowest BCUT2D eigenvalue weighted by Crippen LogP contribution is -2.57. The predicted octanol–water partition coefficient (Wildman–Crippen LogP) is 0.569. The second kappa shape index (κ2) is 6.67. The van der Waals surface area contributed by atoms with E-state index in [1.54, 1.807) is 0 Å². The van der Waals surface area contributed by atoms with Crippen LogP contribution in [0.4, 0.5) is 13.2 Å². The summed E-state index contributed by atoms with van der Waals surface area (Å²) in [6.45, 7) is 2.81. The minimum Gasteiger partial charge on any atom is -0.351 e. The van der Waals surface area contributed by atoms with Gasteiger partial charge in [-0.05, 0) is 13.8 Å². The summed E-state index contributed by atoms with van der Waals surface area (Å²) in [5.74, 6) is -6.74. The van der Waals surface area contributed by atoms with Crippen LogP contribution in [0.2, 0.25) is 0 Å². The van der Waals surface area contributed by atoms with Crippen LogP contribution in [-0.2, 0) is 18.4 Å².